The topological polar surface area (TPSA) is 75.3 Å². The molecule has 156 valence electrons. The summed E-state index contributed by atoms with van der Waals surface area (Å²) in [5.74, 6) is -1.57. The Kier molecular flexibility index (Phi) is 7.10. The number of hydrogen-bond acceptors (Lipinski definition) is 3. The normalized spacial score (nSPS) is 11.3. The molecule has 0 aliphatic carbocycles. The highest BCUT2D eigenvalue weighted by Gasteiger charge is 2.21. The van der Waals surface area contributed by atoms with Crippen LogP contribution >= 0.6 is 23.2 Å². The zero-order chi connectivity index (χ0) is 21.7. The molecule has 0 fully saturated rings. The Morgan fingerprint density at radius 1 is 0.933 bits per heavy atom. The predicted molar refractivity (Wildman–Crippen MR) is 116 cm³/mol. The van der Waals surface area contributed by atoms with Gasteiger partial charge in [-0.1, -0.05) is 53.5 Å². The van der Waals surface area contributed by atoms with Crippen molar-refractivity contribution in [3.05, 3.63) is 93.7 Å². The van der Waals surface area contributed by atoms with Gasteiger partial charge in [0.15, 0.2) is 0 Å². The van der Waals surface area contributed by atoms with Crippen molar-refractivity contribution < 1.29 is 17.6 Å². The molecule has 0 aromatic heterocycles. The molecule has 0 aliphatic heterocycles. The fraction of sp³-hybridized carbons (Fsp3) is 0.0952. The highest BCUT2D eigenvalue weighted by molar-refractivity contribution is 7.89. The van der Waals surface area contributed by atoms with Crippen LogP contribution in [-0.4, -0.2) is 20.9 Å². The molecule has 0 atom stereocenters. The molecule has 3 rings (SSSR count). The number of rotatable bonds is 7. The summed E-state index contributed by atoms with van der Waals surface area (Å²) in [6.45, 7) is 0.0888. The third-order valence-electron chi connectivity index (χ3n) is 4.21. The molecule has 30 heavy (non-hydrogen) atoms. The van der Waals surface area contributed by atoms with Crippen molar-refractivity contribution in [1.82, 2.24) is 4.72 Å². The first kappa shape index (κ1) is 22.2. The van der Waals surface area contributed by atoms with Crippen molar-refractivity contribution in [2.24, 2.45) is 0 Å². The Labute approximate surface area is 183 Å². The van der Waals surface area contributed by atoms with Gasteiger partial charge in [-0.3, -0.25) is 4.79 Å². The predicted octanol–water partition coefficient (Wildman–Crippen LogP) is 4.91. The summed E-state index contributed by atoms with van der Waals surface area (Å²) in [5.41, 5.74) is 1.28. The van der Waals surface area contributed by atoms with Gasteiger partial charge >= 0.3 is 0 Å². The number of anilines is 1. The molecule has 2 N–H and O–H groups in total. The van der Waals surface area contributed by atoms with Crippen molar-refractivity contribution >= 4 is 44.8 Å². The van der Waals surface area contributed by atoms with Crippen molar-refractivity contribution in [2.75, 3.05) is 11.9 Å². The number of nitrogens with one attached hydrogen (secondary N) is 2. The first-order valence-corrected chi connectivity index (χ1v) is 11.1. The third kappa shape index (κ3) is 5.58. The number of benzene rings is 3. The second-order valence-electron chi connectivity index (χ2n) is 6.36. The summed E-state index contributed by atoms with van der Waals surface area (Å²) >= 11 is 11.8. The number of sulfonamides is 1. The minimum absolute atomic E-state index is 0.0223. The van der Waals surface area contributed by atoms with E-state index in [4.69, 9.17) is 23.2 Å². The highest BCUT2D eigenvalue weighted by Crippen LogP contribution is 2.25. The maximum Gasteiger partial charge on any atom is 0.255 e. The van der Waals surface area contributed by atoms with Gasteiger partial charge in [0.2, 0.25) is 10.0 Å². The summed E-state index contributed by atoms with van der Waals surface area (Å²) in [4.78, 5) is 11.9. The molecule has 3 aromatic carbocycles. The lowest BCUT2D eigenvalue weighted by Gasteiger charge is -2.10. The van der Waals surface area contributed by atoms with Crippen LogP contribution in [0.25, 0.3) is 0 Å². The monoisotopic (exact) mass is 466 g/mol. The van der Waals surface area contributed by atoms with Crippen LogP contribution in [0.5, 0.6) is 0 Å². The lowest BCUT2D eigenvalue weighted by atomic mass is 10.2. The van der Waals surface area contributed by atoms with E-state index in [0.717, 1.165) is 17.7 Å². The van der Waals surface area contributed by atoms with Crippen LogP contribution in [0.2, 0.25) is 10.0 Å². The minimum Gasteiger partial charge on any atom is -0.322 e. The number of halogens is 3. The van der Waals surface area contributed by atoms with Crippen LogP contribution in [0, 0.1) is 5.82 Å². The minimum atomic E-state index is -4.15. The zero-order valence-electron chi connectivity index (χ0n) is 15.5. The highest BCUT2D eigenvalue weighted by atomic mass is 35.5. The molecular weight excluding hydrogens is 450 g/mol. The van der Waals surface area contributed by atoms with Gasteiger partial charge in [0.25, 0.3) is 5.91 Å². The second-order valence-corrected chi connectivity index (χ2v) is 8.91. The molecule has 0 aliphatic rings. The molecule has 0 heterocycles. The largest absolute Gasteiger partial charge is 0.322 e. The molecule has 5 nitrogen and oxygen atoms in total. The number of hydrogen-bond donors (Lipinski definition) is 2. The molecular formula is C21H17Cl2FN2O3S. The molecule has 9 heteroatoms. The molecule has 1 amide bonds. The van der Waals surface area contributed by atoms with E-state index < -0.39 is 26.6 Å². The van der Waals surface area contributed by atoms with E-state index in [9.17, 15) is 17.6 Å². The third-order valence-corrected chi connectivity index (χ3v) is 6.42. The van der Waals surface area contributed by atoms with Crippen molar-refractivity contribution in [1.29, 1.82) is 0 Å². The summed E-state index contributed by atoms with van der Waals surface area (Å²) in [6.07, 6.45) is 0.444. The van der Waals surface area contributed by atoms with Gasteiger partial charge in [0.1, 0.15) is 10.7 Å². The Bertz CT molecular complexity index is 1170. The Morgan fingerprint density at radius 3 is 2.37 bits per heavy atom. The van der Waals surface area contributed by atoms with Crippen LogP contribution in [0.3, 0.4) is 0 Å². The average Bonchev–Trinajstić information content (AvgIpc) is 2.71. The summed E-state index contributed by atoms with van der Waals surface area (Å²) in [6, 6.07) is 16.9. The molecule has 0 bridgehead atoms. The van der Waals surface area contributed by atoms with E-state index in [-0.39, 0.29) is 17.1 Å². The molecule has 0 saturated heterocycles. The van der Waals surface area contributed by atoms with Gasteiger partial charge in [-0.25, -0.2) is 17.5 Å². The average molecular weight is 467 g/mol. The van der Waals surface area contributed by atoms with Gasteiger partial charge in [0, 0.05) is 17.8 Å². The van der Waals surface area contributed by atoms with E-state index >= 15 is 0 Å². The van der Waals surface area contributed by atoms with E-state index in [1.54, 1.807) is 6.07 Å². The van der Waals surface area contributed by atoms with Gasteiger partial charge in [-0.2, -0.15) is 0 Å². The summed E-state index contributed by atoms with van der Waals surface area (Å²) in [5, 5.41) is 3.14. The van der Waals surface area contributed by atoms with Crippen LogP contribution in [0.15, 0.2) is 71.6 Å². The number of carbonyl (C=O) groups excluding carboxylic acids is 1. The van der Waals surface area contributed by atoms with Crippen molar-refractivity contribution in [2.45, 2.75) is 11.3 Å². The van der Waals surface area contributed by atoms with Gasteiger partial charge in [-0.05, 0) is 48.4 Å². The fourth-order valence-corrected chi connectivity index (χ4v) is 4.11. The lowest BCUT2D eigenvalue weighted by molar-refractivity contribution is 0.102. The smallest absolute Gasteiger partial charge is 0.255 e. The van der Waals surface area contributed by atoms with Crippen molar-refractivity contribution in [3.8, 4) is 0 Å². The standard InChI is InChI=1S/C21H17Cl2FN2O3S/c22-17-8-7-16(13-18(17)23)26-21(27)15-6-9-19(24)20(12-15)30(28,29)25-11-10-14-4-2-1-3-5-14/h1-9,12-13,25H,10-11H2,(H,26,27). The van der Waals surface area contributed by atoms with Crippen LogP contribution in [-0.2, 0) is 16.4 Å². The van der Waals surface area contributed by atoms with Crippen LogP contribution < -0.4 is 10.0 Å². The molecule has 0 spiro atoms. The summed E-state index contributed by atoms with van der Waals surface area (Å²) < 4.78 is 41.7. The molecule has 0 saturated carbocycles. The first-order valence-electron chi connectivity index (χ1n) is 8.86. The van der Waals surface area contributed by atoms with Crippen LogP contribution in [0.4, 0.5) is 10.1 Å². The van der Waals surface area contributed by atoms with Gasteiger partial charge < -0.3 is 5.32 Å². The molecule has 0 radical (unpaired) electrons. The Hall–Kier alpha value is -2.45. The number of amides is 1. The number of carbonyl (C=O) groups is 1. The Morgan fingerprint density at radius 2 is 1.67 bits per heavy atom. The molecule has 3 aromatic rings. The van der Waals surface area contributed by atoms with E-state index in [0.29, 0.717) is 17.1 Å². The second kappa shape index (κ2) is 9.57. The quantitative estimate of drug-likeness (QED) is 0.519. The zero-order valence-corrected chi connectivity index (χ0v) is 17.9. The first-order chi connectivity index (χ1) is 14.3. The maximum atomic E-state index is 14.2. The van der Waals surface area contributed by atoms with E-state index in [1.807, 2.05) is 30.3 Å². The van der Waals surface area contributed by atoms with Crippen LogP contribution in [0.1, 0.15) is 15.9 Å². The lowest BCUT2D eigenvalue weighted by Crippen LogP contribution is -2.27. The van der Waals surface area contributed by atoms with Gasteiger partial charge in [-0.15, -0.1) is 0 Å². The van der Waals surface area contributed by atoms with E-state index in [1.165, 1.54) is 18.2 Å². The van der Waals surface area contributed by atoms with E-state index in [2.05, 4.69) is 10.0 Å². The Balaban J connectivity index is 1.74. The summed E-state index contributed by atoms with van der Waals surface area (Å²) in [7, 11) is -4.15. The van der Waals surface area contributed by atoms with Gasteiger partial charge in [0.05, 0.1) is 10.0 Å². The fourth-order valence-electron chi connectivity index (χ4n) is 2.68. The molecule has 0 unspecified atom stereocenters. The van der Waals surface area contributed by atoms with Crippen molar-refractivity contribution in [3.63, 3.8) is 0 Å². The maximum absolute atomic E-state index is 14.2. The SMILES string of the molecule is O=C(Nc1ccc(Cl)c(Cl)c1)c1ccc(F)c(S(=O)(=O)NCCc2ccccc2)c1.